The first kappa shape index (κ1) is 9.66. The Morgan fingerprint density at radius 3 is 3.06 bits per heavy atom. The van der Waals surface area contributed by atoms with Crippen LogP contribution in [0.3, 0.4) is 0 Å². The lowest BCUT2D eigenvalue weighted by Gasteiger charge is -2.02. The molecule has 1 aliphatic rings. The summed E-state index contributed by atoms with van der Waals surface area (Å²) in [5.41, 5.74) is 2.71. The first-order valence-electron chi connectivity index (χ1n) is 5.56. The predicted molar refractivity (Wildman–Crippen MR) is 61.3 cm³/mol. The summed E-state index contributed by atoms with van der Waals surface area (Å²) in [6, 6.07) is 6.57. The normalized spacial score (nSPS) is 15.8. The molecule has 1 fully saturated rings. The van der Waals surface area contributed by atoms with Gasteiger partial charge in [0.1, 0.15) is 0 Å². The van der Waals surface area contributed by atoms with E-state index >= 15 is 0 Å². The van der Waals surface area contributed by atoms with Crippen LogP contribution in [-0.2, 0) is 13.6 Å². The molecule has 0 spiro atoms. The maximum absolute atomic E-state index is 11.3. The van der Waals surface area contributed by atoms with Crippen molar-refractivity contribution in [2.75, 3.05) is 0 Å². The number of fused-ring (bicyclic) bond motifs is 1. The van der Waals surface area contributed by atoms with Gasteiger partial charge in [-0.1, -0.05) is 6.07 Å². The van der Waals surface area contributed by atoms with E-state index in [0.29, 0.717) is 11.6 Å². The van der Waals surface area contributed by atoms with Crippen LogP contribution in [-0.4, -0.2) is 10.6 Å². The average molecular weight is 218 g/mol. The van der Waals surface area contributed by atoms with Crippen molar-refractivity contribution in [1.29, 1.82) is 0 Å². The maximum atomic E-state index is 11.3. The SMILES string of the molecule is Cn1c(=O)oc2ccc(CNC3CC3)cc21. The summed E-state index contributed by atoms with van der Waals surface area (Å²) < 4.78 is 6.62. The second-order valence-electron chi connectivity index (χ2n) is 4.38. The Bertz CT molecular complexity index is 578. The molecule has 0 atom stereocenters. The Hall–Kier alpha value is -1.55. The van der Waals surface area contributed by atoms with E-state index < -0.39 is 0 Å². The molecule has 1 aromatic carbocycles. The lowest BCUT2D eigenvalue weighted by atomic mass is 10.2. The summed E-state index contributed by atoms with van der Waals surface area (Å²) in [7, 11) is 1.73. The van der Waals surface area contributed by atoms with Crippen molar-refractivity contribution in [2.45, 2.75) is 25.4 Å². The highest BCUT2D eigenvalue weighted by Crippen LogP contribution is 2.20. The molecule has 1 heterocycles. The van der Waals surface area contributed by atoms with Crippen LogP contribution in [0.5, 0.6) is 0 Å². The molecule has 2 aromatic rings. The summed E-state index contributed by atoms with van der Waals surface area (Å²) in [5, 5.41) is 3.45. The maximum Gasteiger partial charge on any atom is 0.419 e. The van der Waals surface area contributed by atoms with E-state index in [4.69, 9.17) is 4.42 Å². The lowest BCUT2D eigenvalue weighted by molar-refractivity contribution is 0.528. The molecule has 1 N–H and O–H groups in total. The van der Waals surface area contributed by atoms with Crippen LogP contribution in [0.15, 0.2) is 27.4 Å². The van der Waals surface area contributed by atoms with Crippen LogP contribution in [0.1, 0.15) is 18.4 Å². The quantitative estimate of drug-likeness (QED) is 0.846. The van der Waals surface area contributed by atoms with Crippen LogP contribution < -0.4 is 11.1 Å². The second-order valence-corrected chi connectivity index (χ2v) is 4.38. The molecule has 16 heavy (non-hydrogen) atoms. The van der Waals surface area contributed by atoms with Gasteiger partial charge in [-0.05, 0) is 30.5 Å². The first-order chi connectivity index (χ1) is 7.74. The van der Waals surface area contributed by atoms with E-state index in [2.05, 4.69) is 5.32 Å². The fourth-order valence-electron chi connectivity index (χ4n) is 1.83. The number of nitrogens with zero attached hydrogens (tertiary/aromatic N) is 1. The van der Waals surface area contributed by atoms with Gasteiger partial charge < -0.3 is 9.73 Å². The molecule has 4 nitrogen and oxygen atoms in total. The zero-order chi connectivity index (χ0) is 11.1. The average Bonchev–Trinajstić information content (AvgIpc) is 3.06. The topological polar surface area (TPSA) is 47.2 Å². The first-order valence-corrected chi connectivity index (χ1v) is 5.56. The van der Waals surface area contributed by atoms with Gasteiger partial charge in [-0.3, -0.25) is 4.57 Å². The van der Waals surface area contributed by atoms with E-state index in [-0.39, 0.29) is 5.76 Å². The highest BCUT2D eigenvalue weighted by atomic mass is 16.4. The minimum atomic E-state index is -0.303. The van der Waals surface area contributed by atoms with Gasteiger partial charge >= 0.3 is 5.76 Å². The van der Waals surface area contributed by atoms with Gasteiger partial charge in [0, 0.05) is 19.6 Å². The Labute approximate surface area is 92.9 Å². The van der Waals surface area contributed by atoms with Crippen LogP contribution in [0.2, 0.25) is 0 Å². The van der Waals surface area contributed by atoms with Crippen molar-refractivity contribution in [3.05, 3.63) is 34.3 Å². The summed E-state index contributed by atoms with van der Waals surface area (Å²) >= 11 is 0. The molecule has 3 rings (SSSR count). The molecule has 0 radical (unpaired) electrons. The van der Waals surface area contributed by atoms with Crippen molar-refractivity contribution in [3.63, 3.8) is 0 Å². The van der Waals surface area contributed by atoms with E-state index in [1.165, 1.54) is 23.0 Å². The number of hydrogen-bond acceptors (Lipinski definition) is 3. The van der Waals surface area contributed by atoms with Gasteiger partial charge in [0.05, 0.1) is 5.52 Å². The molecule has 0 saturated heterocycles. The van der Waals surface area contributed by atoms with Crippen LogP contribution in [0.25, 0.3) is 11.1 Å². The fourth-order valence-corrected chi connectivity index (χ4v) is 1.83. The van der Waals surface area contributed by atoms with Crippen molar-refractivity contribution >= 4 is 11.1 Å². The second kappa shape index (κ2) is 3.49. The Morgan fingerprint density at radius 2 is 2.31 bits per heavy atom. The lowest BCUT2D eigenvalue weighted by Crippen LogP contribution is -2.15. The minimum absolute atomic E-state index is 0.303. The van der Waals surface area contributed by atoms with Crippen molar-refractivity contribution in [3.8, 4) is 0 Å². The highest BCUT2D eigenvalue weighted by Gasteiger charge is 2.20. The Balaban J connectivity index is 1.93. The zero-order valence-electron chi connectivity index (χ0n) is 9.19. The van der Waals surface area contributed by atoms with Crippen molar-refractivity contribution in [1.82, 2.24) is 9.88 Å². The molecule has 0 unspecified atom stereocenters. The van der Waals surface area contributed by atoms with E-state index in [9.17, 15) is 4.79 Å². The Kier molecular flexibility index (Phi) is 2.11. The number of hydrogen-bond donors (Lipinski definition) is 1. The van der Waals surface area contributed by atoms with Gasteiger partial charge in [0.25, 0.3) is 0 Å². The molecular weight excluding hydrogens is 204 g/mol. The summed E-state index contributed by atoms with van der Waals surface area (Å²) in [6.07, 6.45) is 2.57. The minimum Gasteiger partial charge on any atom is -0.408 e. The molecule has 1 aliphatic carbocycles. The van der Waals surface area contributed by atoms with Gasteiger partial charge in [0.2, 0.25) is 0 Å². The molecular formula is C12H14N2O2. The monoisotopic (exact) mass is 218 g/mol. The molecule has 4 heteroatoms. The summed E-state index contributed by atoms with van der Waals surface area (Å²) in [5.74, 6) is -0.303. The van der Waals surface area contributed by atoms with Gasteiger partial charge in [0.15, 0.2) is 5.58 Å². The largest absolute Gasteiger partial charge is 0.419 e. The van der Waals surface area contributed by atoms with Gasteiger partial charge in [-0.25, -0.2) is 4.79 Å². The third-order valence-electron chi connectivity index (χ3n) is 3.03. The number of aryl methyl sites for hydroxylation is 1. The molecule has 0 amide bonds. The Morgan fingerprint density at radius 1 is 1.50 bits per heavy atom. The van der Waals surface area contributed by atoms with Crippen molar-refractivity contribution in [2.24, 2.45) is 7.05 Å². The summed E-state index contributed by atoms with van der Waals surface area (Å²) in [6.45, 7) is 0.861. The third-order valence-corrected chi connectivity index (χ3v) is 3.03. The predicted octanol–water partition coefficient (Wildman–Crippen LogP) is 1.38. The molecule has 84 valence electrons. The number of rotatable bonds is 3. The third kappa shape index (κ3) is 1.65. The standard InChI is InChI=1S/C12H14N2O2/c1-14-10-6-8(7-13-9-3-4-9)2-5-11(10)16-12(14)15/h2,5-6,9,13H,3-4,7H2,1H3. The molecule has 1 saturated carbocycles. The number of aromatic nitrogens is 1. The van der Waals surface area contributed by atoms with Crippen LogP contribution in [0.4, 0.5) is 0 Å². The highest BCUT2D eigenvalue weighted by molar-refractivity contribution is 5.73. The fraction of sp³-hybridized carbons (Fsp3) is 0.417. The van der Waals surface area contributed by atoms with Crippen LogP contribution in [0, 0.1) is 0 Å². The smallest absolute Gasteiger partial charge is 0.408 e. The van der Waals surface area contributed by atoms with E-state index in [1.54, 1.807) is 7.05 Å². The number of benzene rings is 1. The van der Waals surface area contributed by atoms with Crippen molar-refractivity contribution < 1.29 is 4.42 Å². The molecule has 0 bridgehead atoms. The zero-order valence-corrected chi connectivity index (χ0v) is 9.19. The molecule has 1 aromatic heterocycles. The van der Waals surface area contributed by atoms with Gasteiger partial charge in [-0.15, -0.1) is 0 Å². The van der Waals surface area contributed by atoms with Crippen LogP contribution >= 0.6 is 0 Å². The van der Waals surface area contributed by atoms with E-state index in [1.807, 2.05) is 18.2 Å². The van der Waals surface area contributed by atoms with Gasteiger partial charge in [-0.2, -0.15) is 0 Å². The van der Waals surface area contributed by atoms with E-state index in [0.717, 1.165) is 12.1 Å². The number of oxazole rings is 1. The summed E-state index contributed by atoms with van der Waals surface area (Å²) in [4.78, 5) is 11.3. The molecule has 0 aliphatic heterocycles. The number of nitrogens with one attached hydrogen (secondary N) is 1.